The summed E-state index contributed by atoms with van der Waals surface area (Å²) in [7, 11) is -3.59. The molecule has 0 spiro atoms. The van der Waals surface area contributed by atoms with E-state index in [1.165, 1.54) is 23.3 Å². The van der Waals surface area contributed by atoms with Gasteiger partial charge in [0.05, 0.1) is 23.5 Å². The number of thiophene rings is 1. The molecule has 0 radical (unpaired) electrons. The highest BCUT2D eigenvalue weighted by atomic mass is 32.3. The molecule has 3 heterocycles. The second-order valence-corrected chi connectivity index (χ2v) is 12.3. The van der Waals surface area contributed by atoms with Crippen molar-refractivity contribution in [2.75, 3.05) is 45.9 Å². The molecule has 1 saturated heterocycles. The Balaban J connectivity index is 1.60. The van der Waals surface area contributed by atoms with E-state index in [2.05, 4.69) is 26.1 Å². The van der Waals surface area contributed by atoms with Crippen molar-refractivity contribution >= 4 is 33.3 Å². The van der Waals surface area contributed by atoms with Gasteiger partial charge in [0.15, 0.2) is 0 Å². The van der Waals surface area contributed by atoms with Crippen molar-refractivity contribution < 1.29 is 18.3 Å². The molecule has 1 atom stereocenters. The Kier molecular flexibility index (Phi) is 7.25. The van der Waals surface area contributed by atoms with E-state index in [0.717, 1.165) is 37.1 Å². The fourth-order valence-electron chi connectivity index (χ4n) is 3.01. The molecular formula is C18H29N3O4S3. The zero-order valence-electron chi connectivity index (χ0n) is 16.6. The largest absolute Gasteiger partial charge is 0.387 e. The van der Waals surface area contributed by atoms with Gasteiger partial charge >= 0.3 is 0 Å². The van der Waals surface area contributed by atoms with Gasteiger partial charge in [0.25, 0.3) is 10.0 Å². The Hall–Kier alpha value is -0.460. The van der Waals surface area contributed by atoms with Crippen LogP contribution in [0, 0.1) is 0 Å². The monoisotopic (exact) mass is 447 g/mol. The Morgan fingerprint density at radius 3 is 2.64 bits per heavy atom. The first-order chi connectivity index (χ1) is 13.1. The minimum Gasteiger partial charge on any atom is -0.387 e. The lowest BCUT2D eigenvalue weighted by atomic mass is 10.1. The van der Waals surface area contributed by atoms with Crippen LogP contribution in [0.2, 0.25) is 0 Å². The van der Waals surface area contributed by atoms with Gasteiger partial charge in [-0.3, -0.25) is 4.90 Å². The third kappa shape index (κ3) is 6.02. The summed E-state index contributed by atoms with van der Waals surface area (Å²) in [4.78, 5) is 2.34. The molecule has 0 saturated carbocycles. The molecule has 3 rings (SSSR count). The van der Waals surface area contributed by atoms with E-state index < -0.39 is 21.7 Å². The summed E-state index contributed by atoms with van der Waals surface area (Å²) < 4.78 is 36.3. The third-order valence-electron chi connectivity index (χ3n) is 4.30. The van der Waals surface area contributed by atoms with Gasteiger partial charge in [0, 0.05) is 43.8 Å². The quantitative estimate of drug-likeness (QED) is 0.510. The number of rotatable bonds is 6. The summed E-state index contributed by atoms with van der Waals surface area (Å²) in [6, 6.07) is 1.61. The van der Waals surface area contributed by atoms with Crippen molar-refractivity contribution in [3.8, 4) is 0 Å². The minimum atomic E-state index is -3.59. The molecule has 158 valence electrons. The van der Waals surface area contributed by atoms with Gasteiger partial charge in [-0.1, -0.05) is 12.2 Å². The average Bonchev–Trinajstić information content (AvgIpc) is 3.03. The number of nitrogens with zero attached hydrogens (tertiary/aromatic N) is 2. The van der Waals surface area contributed by atoms with Crippen LogP contribution in [0.3, 0.4) is 0 Å². The third-order valence-corrected chi connectivity index (χ3v) is 8.91. The van der Waals surface area contributed by atoms with E-state index in [4.69, 9.17) is 4.74 Å². The van der Waals surface area contributed by atoms with E-state index in [1.807, 2.05) is 20.8 Å². The zero-order valence-corrected chi connectivity index (χ0v) is 19.0. The van der Waals surface area contributed by atoms with Crippen LogP contribution >= 0.6 is 23.3 Å². The van der Waals surface area contributed by atoms with Crippen molar-refractivity contribution in [1.29, 1.82) is 0 Å². The van der Waals surface area contributed by atoms with Crippen molar-refractivity contribution in [3.63, 3.8) is 0 Å². The van der Waals surface area contributed by atoms with Crippen LogP contribution in [0.25, 0.3) is 0 Å². The molecule has 7 nitrogen and oxygen atoms in total. The highest BCUT2D eigenvalue weighted by molar-refractivity contribution is 7.99. The lowest BCUT2D eigenvalue weighted by Gasteiger charge is -2.28. The molecule has 28 heavy (non-hydrogen) atoms. The van der Waals surface area contributed by atoms with E-state index in [0.29, 0.717) is 18.7 Å². The van der Waals surface area contributed by atoms with Crippen molar-refractivity contribution in [2.45, 2.75) is 40.8 Å². The number of hydrogen-bond donors (Lipinski definition) is 2. The van der Waals surface area contributed by atoms with Gasteiger partial charge in [0.2, 0.25) is 0 Å². The van der Waals surface area contributed by atoms with E-state index >= 15 is 0 Å². The van der Waals surface area contributed by atoms with E-state index in [-0.39, 0.29) is 4.21 Å². The molecule has 0 amide bonds. The SMILES string of the molecule is CC(C)(C)NS(=O)(=O)c1cc2c(s1)SN(C/C=C/CN1CCOCC1)CC2O. The lowest BCUT2D eigenvalue weighted by Crippen LogP contribution is -2.40. The van der Waals surface area contributed by atoms with Gasteiger partial charge in [-0.05, 0) is 38.8 Å². The maximum Gasteiger partial charge on any atom is 0.250 e. The molecule has 2 aliphatic heterocycles. The fraction of sp³-hybridized carbons (Fsp3) is 0.667. The second kappa shape index (κ2) is 9.13. The van der Waals surface area contributed by atoms with Crippen LogP contribution in [0.15, 0.2) is 26.6 Å². The first-order valence-corrected chi connectivity index (χ1v) is 12.5. The molecule has 0 aromatic carbocycles. The standard InChI is InChI=1S/C18H29N3O4S3/c1-18(2,3)19-28(23,24)16-12-14-15(22)13-21(27-17(14)26-16)7-5-4-6-20-8-10-25-11-9-20/h4-5,12,15,19,22H,6-11,13H2,1-3H3/b5-4+. The second-order valence-electron chi connectivity index (χ2n) is 8.00. The molecule has 2 N–H and O–H groups in total. The summed E-state index contributed by atoms with van der Waals surface area (Å²) >= 11 is 2.73. The zero-order chi connectivity index (χ0) is 20.4. The molecular weight excluding hydrogens is 418 g/mol. The van der Waals surface area contributed by atoms with Crippen LogP contribution < -0.4 is 4.72 Å². The summed E-state index contributed by atoms with van der Waals surface area (Å²) in [5, 5.41) is 10.5. The van der Waals surface area contributed by atoms with Gasteiger partial charge in [-0.2, -0.15) is 0 Å². The smallest absolute Gasteiger partial charge is 0.250 e. The molecule has 2 aliphatic rings. The topological polar surface area (TPSA) is 82.1 Å². The Morgan fingerprint density at radius 1 is 1.29 bits per heavy atom. The number of aliphatic hydroxyl groups is 1. The van der Waals surface area contributed by atoms with E-state index in [1.54, 1.807) is 6.07 Å². The molecule has 1 aromatic heterocycles. The van der Waals surface area contributed by atoms with Gasteiger partial charge in [-0.15, -0.1) is 11.3 Å². The fourth-order valence-corrected chi connectivity index (χ4v) is 7.50. The van der Waals surface area contributed by atoms with E-state index in [9.17, 15) is 13.5 Å². The van der Waals surface area contributed by atoms with Crippen LogP contribution in [0.4, 0.5) is 0 Å². The summed E-state index contributed by atoms with van der Waals surface area (Å²) in [5.74, 6) is 0. The van der Waals surface area contributed by atoms with Crippen LogP contribution in [-0.2, 0) is 14.8 Å². The predicted molar refractivity (Wildman–Crippen MR) is 113 cm³/mol. The summed E-state index contributed by atoms with van der Waals surface area (Å²) in [6.45, 7) is 11.0. The first-order valence-electron chi connectivity index (χ1n) is 9.38. The van der Waals surface area contributed by atoms with Crippen molar-refractivity contribution in [2.24, 2.45) is 0 Å². The Labute approximate surface area is 175 Å². The van der Waals surface area contributed by atoms with Gasteiger partial charge in [0.1, 0.15) is 4.21 Å². The van der Waals surface area contributed by atoms with Crippen LogP contribution in [0.5, 0.6) is 0 Å². The van der Waals surface area contributed by atoms with Crippen molar-refractivity contribution in [3.05, 3.63) is 23.8 Å². The van der Waals surface area contributed by atoms with Crippen LogP contribution in [-0.4, -0.2) is 74.2 Å². The molecule has 0 aliphatic carbocycles. The Morgan fingerprint density at radius 2 is 1.96 bits per heavy atom. The van der Waals surface area contributed by atoms with Crippen molar-refractivity contribution in [1.82, 2.24) is 13.9 Å². The maximum atomic E-state index is 12.6. The molecule has 10 heteroatoms. The maximum absolute atomic E-state index is 12.6. The number of aliphatic hydroxyl groups excluding tert-OH is 1. The normalized spacial score (nSPS) is 22.6. The summed E-state index contributed by atoms with van der Waals surface area (Å²) in [5.41, 5.74) is 0.157. The molecule has 1 aromatic rings. The van der Waals surface area contributed by atoms with Gasteiger partial charge in [-0.25, -0.2) is 17.4 Å². The minimum absolute atomic E-state index is 0.253. The first kappa shape index (κ1) is 22.2. The molecule has 0 bridgehead atoms. The molecule has 1 unspecified atom stereocenters. The lowest BCUT2D eigenvalue weighted by molar-refractivity contribution is 0.0434. The van der Waals surface area contributed by atoms with Crippen LogP contribution in [0.1, 0.15) is 32.4 Å². The number of hydrogen-bond acceptors (Lipinski definition) is 8. The Bertz CT molecular complexity index is 795. The predicted octanol–water partition coefficient (Wildman–Crippen LogP) is 2.07. The molecule has 1 fully saturated rings. The number of morpholine rings is 1. The average molecular weight is 448 g/mol. The highest BCUT2D eigenvalue weighted by Gasteiger charge is 2.31. The highest BCUT2D eigenvalue weighted by Crippen LogP contribution is 2.43. The number of sulfonamides is 1. The number of fused-ring (bicyclic) bond motifs is 1. The summed E-state index contributed by atoms with van der Waals surface area (Å²) in [6.07, 6.45) is 3.57. The number of β-amino-alcohol motifs (C(OH)–C–C–N with tert-alkyl or cyclic N) is 1. The number of nitrogens with one attached hydrogen (secondary N) is 1. The number of ether oxygens (including phenoxy) is 1. The van der Waals surface area contributed by atoms with Gasteiger partial charge < -0.3 is 9.84 Å².